The summed E-state index contributed by atoms with van der Waals surface area (Å²) in [4.78, 5) is 0. The monoisotopic (exact) mass is 337 g/mol. The van der Waals surface area contributed by atoms with E-state index in [-0.39, 0.29) is 18.4 Å². The van der Waals surface area contributed by atoms with E-state index in [0.717, 1.165) is 41.2 Å². The fourth-order valence-corrected chi connectivity index (χ4v) is 2.48. The van der Waals surface area contributed by atoms with Gasteiger partial charge in [-0.1, -0.05) is 24.3 Å². The summed E-state index contributed by atoms with van der Waals surface area (Å²) in [5, 5.41) is 0. The second-order valence-electron chi connectivity index (χ2n) is 5.07. The van der Waals surface area contributed by atoms with Crippen LogP contribution in [0.25, 0.3) is 0 Å². The van der Waals surface area contributed by atoms with Gasteiger partial charge in [0.1, 0.15) is 5.75 Å². The number of rotatable bonds is 7. The molecule has 5 heteroatoms. The molecule has 0 aliphatic heterocycles. The summed E-state index contributed by atoms with van der Waals surface area (Å²) in [5.74, 6) is 2.37. The minimum atomic E-state index is -0.0261. The number of halogens is 1. The Labute approximate surface area is 144 Å². The number of hydrogen-bond acceptors (Lipinski definition) is 4. The van der Waals surface area contributed by atoms with Crippen LogP contribution in [0.2, 0.25) is 0 Å². The Hall–Kier alpha value is -1.91. The predicted octanol–water partition coefficient (Wildman–Crippen LogP) is 3.77. The fourth-order valence-electron chi connectivity index (χ4n) is 2.48. The molecule has 0 heterocycles. The highest BCUT2D eigenvalue weighted by atomic mass is 35.5. The Bertz CT molecular complexity index is 602. The van der Waals surface area contributed by atoms with Crippen LogP contribution < -0.4 is 19.9 Å². The van der Waals surface area contributed by atoms with Gasteiger partial charge in [-0.25, -0.2) is 0 Å². The lowest BCUT2D eigenvalue weighted by atomic mass is 9.99. The minimum absolute atomic E-state index is 0. The molecule has 4 nitrogen and oxygen atoms in total. The predicted molar refractivity (Wildman–Crippen MR) is 95.0 cm³/mol. The third kappa shape index (κ3) is 4.78. The first kappa shape index (κ1) is 19.1. The van der Waals surface area contributed by atoms with E-state index in [1.807, 2.05) is 42.5 Å². The molecule has 2 rings (SSSR count). The average Bonchev–Trinajstić information content (AvgIpc) is 2.59. The SMILES string of the molecule is COc1ccc(C(N)CCc2cccc(OC)c2OC)cc1.Cl. The Morgan fingerprint density at radius 3 is 2.17 bits per heavy atom. The van der Waals surface area contributed by atoms with Crippen molar-refractivity contribution in [2.24, 2.45) is 5.73 Å². The van der Waals surface area contributed by atoms with Crippen molar-refractivity contribution in [3.63, 3.8) is 0 Å². The summed E-state index contributed by atoms with van der Waals surface area (Å²) in [6.45, 7) is 0. The van der Waals surface area contributed by atoms with Gasteiger partial charge >= 0.3 is 0 Å². The van der Waals surface area contributed by atoms with Crippen LogP contribution in [0.15, 0.2) is 42.5 Å². The van der Waals surface area contributed by atoms with Gasteiger partial charge in [0.2, 0.25) is 0 Å². The van der Waals surface area contributed by atoms with Gasteiger partial charge in [-0.3, -0.25) is 0 Å². The molecule has 0 saturated carbocycles. The quantitative estimate of drug-likeness (QED) is 0.835. The van der Waals surface area contributed by atoms with Crippen LogP contribution in [-0.2, 0) is 6.42 Å². The van der Waals surface area contributed by atoms with Gasteiger partial charge in [-0.15, -0.1) is 12.4 Å². The van der Waals surface area contributed by atoms with E-state index in [1.165, 1.54) is 0 Å². The van der Waals surface area contributed by atoms with Crippen molar-refractivity contribution < 1.29 is 14.2 Å². The van der Waals surface area contributed by atoms with Crippen molar-refractivity contribution in [2.45, 2.75) is 18.9 Å². The first-order valence-corrected chi connectivity index (χ1v) is 7.29. The Morgan fingerprint density at radius 2 is 1.61 bits per heavy atom. The first-order valence-electron chi connectivity index (χ1n) is 7.29. The maximum Gasteiger partial charge on any atom is 0.163 e. The molecule has 2 aromatic rings. The molecule has 23 heavy (non-hydrogen) atoms. The van der Waals surface area contributed by atoms with Crippen molar-refractivity contribution in [3.05, 3.63) is 53.6 Å². The van der Waals surface area contributed by atoms with Crippen LogP contribution in [0.1, 0.15) is 23.6 Å². The topological polar surface area (TPSA) is 53.7 Å². The lowest BCUT2D eigenvalue weighted by Crippen LogP contribution is -2.11. The molecule has 1 unspecified atom stereocenters. The number of hydrogen-bond donors (Lipinski definition) is 1. The van der Waals surface area contributed by atoms with E-state index in [9.17, 15) is 0 Å². The van der Waals surface area contributed by atoms with Crippen LogP contribution in [0.5, 0.6) is 17.2 Å². The lowest BCUT2D eigenvalue weighted by molar-refractivity contribution is 0.351. The van der Waals surface area contributed by atoms with Crippen LogP contribution >= 0.6 is 12.4 Å². The largest absolute Gasteiger partial charge is 0.497 e. The zero-order chi connectivity index (χ0) is 15.9. The molecule has 0 aliphatic rings. The van der Waals surface area contributed by atoms with E-state index >= 15 is 0 Å². The van der Waals surface area contributed by atoms with E-state index in [4.69, 9.17) is 19.9 Å². The molecule has 126 valence electrons. The van der Waals surface area contributed by atoms with Gasteiger partial charge in [-0.05, 0) is 42.2 Å². The Balaban J connectivity index is 0.00000264. The summed E-state index contributed by atoms with van der Waals surface area (Å²) < 4.78 is 15.9. The maximum atomic E-state index is 6.28. The molecular formula is C18H24ClNO3. The second kappa shape index (κ2) is 9.28. The molecular weight excluding hydrogens is 314 g/mol. The van der Waals surface area contributed by atoms with Gasteiger partial charge in [-0.2, -0.15) is 0 Å². The number of nitrogens with two attached hydrogens (primary N) is 1. The second-order valence-corrected chi connectivity index (χ2v) is 5.07. The van der Waals surface area contributed by atoms with Crippen molar-refractivity contribution in [2.75, 3.05) is 21.3 Å². The van der Waals surface area contributed by atoms with E-state index in [0.29, 0.717) is 0 Å². The highest BCUT2D eigenvalue weighted by Gasteiger charge is 2.12. The van der Waals surface area contributed by atoms with E-state index < -0.39 is 0 Å². The van der Waals surface area contributed by atoms with Crippen LogP contribution in [0, 0.1) is 0 Å². The highest BCUT2D eigenvalue weighted by molar-refractivity contribution is 5.85. The molecule has 0 fully saturated rings. The van der Waals surface area contributed by atoms with E-state index in [1.54, 1.807) is 21.3 Å². The molecule has 0 aromatic heterocycles. The van der Waals surface area contributed by atoms with Gasteiger partial charge in [0.15, 0.2) is 11.5 Å². The third-order valence-corrected chi connectivity index (χ3v) is 3.75. The number of benzene rings is 2. The van der Waals surface area contributed by atoms with Crippen molar-refractivity contribution in [1.82, 2.24) is 0 Å². The Morgan fingerprint density at radius 1 is 0.913 bits per heavy atom. The molecule has 1 atom stereocenters. The van der Waals surface area contributed by atoms with Crippen LogP contribution in [0.4, 0.5) is 0 Å². The summed E-state index contributed by atoms with van der Waals surface area (Å²) in [5.41, 5.74) is 8.49. The molecule has 2 aromatic carbocycles. The average molecular weight is 338 g/mol. The molecule has 0 bridgehead atoms. The van der Waals surface area contributed by atoms with Crippen LogP contribution in [-0.4, -0.2) is 21.3 Å². The standard InChI is InChI=1S/C18H23NO3.ClH/c1-20-15-10-7-13(8-11-15)16(19)12-9-14-5-4-6-17(21-2)18(14)22-3;/h4-8,10-11,16H,9,12,19H2,1-3H3;1H. The summed E-state index contributed by atoms with van der Waals surface area (Å²) in [6, 6.07) is 13.8. The molecule has 0 amide bonds. The lowest BCUT2D eigenvalue weighted by Gasteiger charge is -2.15. The molecule has 0 spiro atoms. The van der Waals surface area contributed by atoms with Gasteiger partial charge in [0.25, 0.3) is 0 Å². The minimum Gasteiger partial charge on any atom is -0.497 e. The van der Waals surface area contributed by atoms with Crippen molar-refractivity contribution >= 4 is 12.4 Å². The van der Waals surface area contributed by atoms with Gasteiger partial charge < -0.3 is 19.9 Å². The van der Waals surface area contributed by atoms with Crippen molar-refractivity contribution in [1.29, 1.82) is 0 Å². The van der Waals surface area contributed by atoms with Crippen molar-refractivity contribution in [3.8, 4) is 17.2 Å². The summed E-state index contributed by atoms with van der Waals surface area (Å²) >= 11 is 0. The normalized spacial score (nSPS) is 11.3. The maximum absolute atomic E-state index is 6.28. The number of methoxy groups -OCH3 is 3. The smallest absolute Gasteiger partial charge is 0.163 e. The fraction of sp³-hybridized carbons (Fsp3) is 0.333. The Kier molecular flexibility index (Phi) is 7.72. The zero-order valence-electron chi connectivity index (χ0n) is 13.7. The summed E-state index contributed by atoms with van der Waals surface area (Å²) in [6.07, 6.45) is 1.66. The highest BCUT2D eigenvalue weighted by Crippen LogP contribution is 2.32. The third-order valence-electron chi connectivity index (χ3n) is 3.75. The van der Waals surface area contributed by atoms with Gasteiger partial charge in [0, 0.05) is 6.04 Å². The number of para-hydroxylation sites is 1. The zero-order valence-corrected chi connectivity index (χ0v) is 14.6. The molecule has 0 radical (unpaired) electrons. The van der Waals surface area contributed by atoms with E-state index in [2.05, 4.69) is 0 Å². The van der Waals surface area contributed by atoms with Gasteiger partial charge in [0.05, 0.1) is 21.3 Å². The number of ether oxygens (including phenoxy) is 3. The molecule has 0 aliphatic carbocycles. The molecule has 2 N–H and O–H groups in total. The molecule has 0 saturated heterocycles. The summed E-state index contributed by atoms with van der Waals surface area (Å²) in [7, 11) is 4.96. The number of aryl methyl sites for hydroxylation is 1. The first-order chi connectivity index (χ1) is 10.7. The van der Waals surface area contributed by atoms with Crippen LogP contribution in [0.3, 0.4) is 0 Å².